The summed E-state index contributed by atoms with van der Waals surface area (Å²) in [6.45, 7) is 5.10. The maximum atomic E-state index is 15.2. The summed E-state index contributed by atoms with van der Waals surface area (Å²) in [7, 11) is 1.63. The number of nitrogens with one attached hydrogen (secondary N) is 1. The molecule has 1 aliphatic heterocycles. The van der Waals surface area contributed by atoms with Gasteiger partial charge in [0.1, 0.15) is 28.8 Å². The van der Waals surface area contributed by atoms with E-state index in [1.165, 1.54) is 17.0 Å². The van der Waals surface area contributed by atoms with Crippen molar-refractivity contribution in [1.82, 2.24) is 9.97 Å². The number of alkyl halides is 2. The number of benzene rings is 2. The first-order valence-corrected chi connectivity index (χ1v) is 10.7. The molecule has 2 N–H and O–H groups in total. The second-order valence-electron chi connectivity index (χ2n) is 8.91. The van der Waals surface area contributed by atoms with Crippen LogP contribution >= 0.6 is 0 Å². The Bertz CT molecular complexity index is 1290. The SMILES string of the molecule is Cc1nc(NC(C)c2cccc(C(F)(F)C(C)(C)O)c2F)c2cc3c(cc2n1)OCC(=O)N3C. The number of aryl methyl sites for hydroxylation is 1. The van der Waals surface area contributed by atoms with Crippen molar-refractivity contribution in [1.29, 1.82) is 0 Å². The van der Waals surface area contributed by atoms with E-state index in [0.29, 0.717) is 34.0 Å². The zero-order valence-corrected chi connectivity index (χ0v) is 19.4. The molecule has 0 saturated heterocycles. The van der Waals surface area contributed by atoms with Gasteiger partial charge in [0.2, 0.25) is 0 Å². The van der Waals surface area contributed by atoms with Crippen LogP contribution in [0.5, 0.6) is 5.75 Å². The van der Waals surface area contributed by atoms with Crippen molar-refractivity contribution in [2.45, 2.75) is 45.3 Å². The molecule has 1 unspecified atom stereocenters. The van der Waals surface area contributed by atoms with E-state index in [-0.39, 0.29) is 18.1 Å². The third-order valence-electron chi connectivity index (χ3n) is 5.93. The lowest BCUT2D eigenvalue weighted by Gasteiger charge is -2.30. The van der Waals surface area contributed by atoms with Crippen molar-refractivity contribution in [3.8, 4) is 5.75 Å². The number of rotatable bonds is 5. The fourth-order valence-corrected chi connectivity index (χ4v) is 3.86. The summed E-state index contributed by atoms with van der Waals surface area (Å²) in [5, 5.41) is 13.5. The van der Waals surface area contributed by atoms with E-state index >= 15 is 4.39 Å². The molecule has 0 radical (unpaired) electrons. The highest BCUT2D eigenvalue weighted by Crippen LogP contribution is 2.42. The zero-order chi connectivity index (χ0) is 25.0. The minimum absolute atomic E-state index is 0.0144. The van der Waals surface area contributed by atoms with Crippen molar-refractivity contribution < 1.29 is 27.8 Å². The molecule has 10 heteroatoms. The van der Waals surface area contributed by atoms with Gasteiger partial charge < -0.3 is 20.1 Å². The lowest BCUT2D eigenvalue weighted by molar-refractivity contribution is -0.170. The van der Waals surface area contributed by atoms with E-state index in [2.05, 4.69) is 15.3 Å². The zero-order valence-electron chi connectivity index (χ0n) is 19.4. The van der Waals surface area contributed by atoms with Gasteiger partial charge in [0, 0.05) is 24.1 Å². The van der Waals surface area contributed by atoms with Gasteiger partial charge in [0.25, 0.3) is 5.91 Å². The molecular formula is C24H25F3N4O3. The van der Waals surface area contributed by atoms with Crippen LogP contribution in [0.3, 0.4) is 0 Å². The van der Waals surface area contributed by atoms with Crippen molar-refractivity contribution in [2.75, 3.05) is 23.9 Å². The lowest BCUT2D eigenvalue weighted by Crippen LogP contribution is -2.41. The van der Waals surface area contributed by atoms with Crippen LogP contribution in [-0.4, -0.2) is 40.2 Å². The Morgan fingerprint density at radius 2 is 1.94 bits per heavy atom. The molecule has 1 aromatic heterocycles. The van der Waals surface area contributed by atoms with E-state index in [1.54, 1.807) is 33.0 Å². The lowest BCUT2D eigenvalue weighted by atomic mass is 9.91. The number of carbonyl (C=O) groups excluding carboxylic acids is 1. The van der Waals surface area contributed by atoms with Crippen LogP contribution in [0.1, 0.15) is 43.8 Å². The molecule has 7 nitrogen and oxygen atoms in total. The molecule has 0 spiro atoms. The molecule has 1 atom stereocenters. The molecule has 0 fully saturated rings. The van der Waals surface area contributed by atoms with Gasteiger partial charge >= 0.3 is 5.92 Å². The molecule has 2 aromatic carbocycles. The Hall–Kier alpha value is -3.40. The number of nitrogens with zero attached hydrogens (tertiary/aromatic N) is 3. The van der Waals surface area contributed by atoms with E-state index in [9.17, 15) is 18.7 Å². The largest absolute Gasteiger partial charge is 0.481 e. The number of aromatic nitrogens is 2. The number of hydrogen-bond acceptors (Lipinski definition) is 6. The third-order valence-corrected chi connectivity index (χ3v) is 5.93. The molecule has 0 saturated carbocycles. The quantitative estimate of drug-likeness (QED) is 0.568. The van der Waals surface area contributed by atoms with Gasteiger partial charge in [0.05, 0.1) is 22.8 Å². The molecule has 3 aromatic rings. The van der Waals surface area contributed by atoms with Crippen LogP contribution in [0.2, 0.25) is 0 Å². The highest BCUT2D eigenvalue weighted by molar-refractivity contribution is 6.02. The minimum Gasteiger partial charge on any atom is -0.481 e. The van der Waals surface area contributed by atoms with Crippen LogP contribution in [0.4, 0.5) is 24.7 Å². The molecule has 0 bridgehead atoms. The number of halogens is 3. The van der Waals surface area contributed by atoms with Gasteiger partial charge in [0.15, 0.2) is 6.61 Å². The molecule has 1 aliphatic rings. The first kappa shape index (κ1) is 23.7. The Kier molecular flexibility index (Phi) is 5.67. The van der Waals surface area contributed by atoms with Gasteiger partial charge in [-0.2, -0.15) is 8.78 Å². The Morgan fingerprint density at radius 3 is 2.62 bits per heavy atom. The Labute approximate surface area is 194 Å². The van der Waals surface area contributed by atoms with Crippen LogP contribution < -0.4 is 15.0 Å². The molecule has 2 heterocycles. The Morgan fingerprint density at radius 1 is 1.24 bits per heavy atom. The standard InChI is InChI=1S/C24H25F3N4O3/c1-12(14-7-6-8-16(21(14)25)24(26,27)23(3,4)33)28-22-15-9-18-19(34-11-20(32)31(18)5)10-17(15)29-13(2)30-22/h6-10,12,33H,11H2,1-5H3,(H,28,29,30). The summed E-state index contributed by atoms with van der Waals surface area (Å²) < 4.78 is 50.2. The molecule has 1 amide bonds. The predicted molar refractivity (Wildman–Crippen MR) is 122 cm³/mol. The van der Waals surface area contributed by atoms with Gasteiger partial charge in [-0.05, 0) is 39.8 Å². The fraction of sp³-hybridized carbons (Fsp3) is 0.375. The second-order valence-corrected chi connectivity index (χ2v) is 8.91. The molecule has 0 aliphatic carbocycles. The van der Waals surface area contributed by atoms with Crippen molar-refractivity contribution in [3.05, 3.63) is 53.1 Å². The number of aliphatic hydroxyl groups is 1. The number of carbonyl (C=O) groups is 1. The molecule has 180 valence electrons. The average Bonchev–Trinajstić information content (AvgIpc) is 2.74. The van der Waals surface area contributed by atoms with Crippen LogP contribution in [0, 0.1) is 12.7 Å². The van der Waals surface area contributed by atoms with Gasteiger partial charge in [-0.1, -0.05) is 12.1 Å². The topological polar surface area (TPSA) is 87.6 Å². The van der Waals surface area contributed by atoms with E-state index in [0.717, 1.165) is 19.9 Å². The van der Waals surface area contributed by atoms with Crippen molar-refractivity contribution in [2.24, 2.45) is 0 Å². The summed E-state index contributed by atoms with van der Waals surface area (Å²) >= 11 is 0. The number of fused-ring (bicyclic) bond motifs is 2. The number of amides is 1. The molecular weight excluding hydrogens is 449 g/mol. The normalized spacial score (nSPS) is 15.2. The third kappa shape index (κ3) is 3.91. The summed E-state index contributed by atoms with van der Waals surface area (Å²) in [5.41, 5.74) is -2.27. The number of hydrogen-bond donors (Lipinski definition) is 2. The first-order valence-electron chi connectivity index (χ1n) is 10.7. The summed E-state index contributed by atoms with van der Waals surface area (Å²) in [6.07, 6.45) is 0. The Balaban J connectivity index is 1.76. The van der Waals surface area contributed by atoms with E-state index in [4.69, 9.17) is 4.74 Å². The summed E-state index contributed by atoms with van der Waals surface area (Å²) in [5.74, 6) is -3.84. The monoisotopic (exact) mass is 474 g/mol. The van der Waals surface area contributed by atoms with Crippen LogP contribution in [-0.2, 0) is 10.7 Å². The number of likely N-dealkylation sites (N-methyl/N-ethyl adjacent to an activating group) is 1. The molecule has 34 heavy (non-hydrogen) atoms. The van der Waals surface area contributed by atoms with Gasteiger partial charge in [-0.3, -0.25) is 4.79 Å². The summed E-state index contributed by atoms with van der Waals surface area (Å²) in [6, 6.07) is 6.32. The maximum Gasteiger partial charge on any atom is 0.303 e. The van der Waals surface area contributed by atoms with E-state index < -0.39 is 28.9 Å². The average molecular weight is 474 g/mol. The number of ether oxygens (including phenoxy) is 1. The van der Waals surface area contributed by atoms with Gasteiger partial charge in [-0.25, -0.2) is 14.4 Å². The van der Waals surface area contributed by atoms with Crippen molar-refractivity contribution >= 4 is 28.3 Å². The van der Waals surface area contributed by atoms with E-state index in [1.807, 2.05) is 0 Å². The van der Waals surface area contributed by atoms with Gasteiger partial charge in [-0.15, -0.1) is 0 Å². The predicted octanol–water partition coefficient (Wildman–Crippen LogP) is 4.47. The van der Waals surface area contributed by atoms with Crippen molar-refractivity contribution in [3.63, 3.8) is 0 Å². The summed E-state index contributed by atoms with van der Waals surface area (Å²) in [4.78, 5) is 22.4. The minimum atomic E-state index is -3.80. The van der Waals surface area contributed by atoms with Crippen LogP contribution in [0.25, 0.3) is 10.9 Å². The number of anilines is 2. The first-order chi connectivity index (χ1) is 15.8. The maximum absolute atomic E-state index is 15.2. The molecule has 4 rings (SSSR count). The smallest absolute Gasteiger partial charge is 0.303 e. The fourth-order valence-electron chi connectivity index (χ4n) is 3.86. The van der Waals surface area contributed by atoms with Crippen LogP contribution in [0.15, 0.2) is 30.3 Å². The highest BCUT2D eigenvalue weighted by atomic mass is 19.3. The highest BCUT2D eigenvalue weighted by Gasteiger charge is 2.49. The second kappa shape index (κ2) is 8.12.